The molecule has 1 aromatic carbocycles. The summed E-state index contributed by atoms with van der Waals surface area (Å²) in [6.07, 6.45) is 0.458. The van der Waals surface area contributed by atoms with Gasteiger partial charge in [-0.2, -0.15) is 0 Å². The molecule has 0 saturated heterocycles. The van der Waals surface area contributed by atoms with E-state index in [1.807, 2.05) is 0 Å². The third-order valence-corrected chi connectivity index (χ3v) is 2.46. The molecule has 0 aliphatic rings. The Kier molecular flexibility index (Phi) is 6.67. The summed E-state index contributed by atoms with van der Waals surface area (Å²) >= 11 is 0. The predicted molar refractivity (Wildman–Crippen MR) is 45.2 cm³/mol. The van der Waals surface area contributed by atoms with Crippen molar-refractivity contribution in [2.45, 2.75) is 11.3 Å². The van der Waals surface area contributed by atoms with Gasteiger partial charge in [0.2, 0.25) is 0 Å². The second kappa shape index (κ2) is 6.34. The van der Waals surface area contributed by atoms with Crippen LogP contribution in [0.1, 0.15) is 5.56 Å². The van der Waals surface area contributed by atoms with Crippen LogP contribution in [-0.2, 0) is 16.5 Å². The van der Waals surface area contributed by atoms with Crippen LogP contribution in [0.2, 0.25) is 0 Å². The van der Waals surface area contributed by atoms with E-state index in [0.717, 1.165) is 5.56 Å². The van der Waals surface area contributed by atoms with Crippen molar-refractivity contribution in [3.8, 4) is 0 Å². The molecule has 0 amide bonds. The second-order valence-electron chi connectivity index (χ2n) is 2.57. The molecule has 0 heterocycles. The molecule has 0 bridgehead atoms. The zero-order chi connectivity index (χ0) is 9.90. The molecule has 4 nitrogen and oxygen atoms in total. The van der Waals surface area contributed by atoms with Gasteiger partial charge in [0.15, 0.2) is 0 Å². The van der Waals surface area contributed by atoms with Crippen molar-refractivity contribution in [1.82, 2.24) is 0 Å². The van der Waals surface area contributed by atoms with Gasteiger partial charge in [-0.15, -0.1) is 0 Å². The number of rotatable bonds is 3. The summed E-state index contributed by atoms with van der Waals surface area (Å²) in [6, 6.07) is 5.52. The zero-order valence-corrected chi connectivity index (χ0v) is 11.7. The van der Waals surface area contributed by atoms with Gasteiger partial charge in [0, 0.05) is 6.61 Å². The number of hydrogen-bond donors (Lipinski definition) is 1. The second-order valence-corrected chi connectivity index (χ2v) is 3.95. The Bertz CT molecular complexity index is 371. The van der Waals surface area contributed by atoms with Gasteiger partial charge in [0.1, 0.15) is 10.1 Å². The Labute approximate surface area is 126 Å². The Morgan fingerprint density at radius 3 is 2.07 bits per heavy atom. The van der Waals surface area contributed by atoms with E-state index in [2.05, 4.69) is 0 Å². The normalized spacial score (nSPS) is 10.7. The molecule has 14 heavy (non-hydrogen) atoms. The third kappa shape index (κ3) is 4.50. The topological polar surface area (TPSA) is 77.4 Å². The molecule has 6 heteroatoms. The summed E-state index contributed by atoms with van der Waals surface area (Å²) in [5.41, 5.74) is 0.801. The van der Waals surface area contributed by atoms with Crippen LogP contribution in [0, 0.1) is 0 Å². The van der Waals surface area contributed by atoms with Gasteiger partial charge in [-0.05, 0) is 24.1 Å². The van der Waals surface area contributed by atoms with E-state index in [-0.39, 0.29) is 62.9 Å². The molecule has 0 fully saturated rings. The standard InChI is InChI=1S/C8H10O4S.K/c9-6-5-7-1-3-8(4-2-7)13(10,11)12;/h1-4,9H,5-6H2,(H,10,11,12);/q;+1/p-1. The summed E-state index contributed by atoms with van der Waals surface area (Å²) in [7, 11) is -4.35. The molecule has 0 aliphatic heterocycles. The molecule has 1 N–H and O–H groups in total. The Hall–Kier alpha value is 0.726. The Morgan fingerprint density at radius 2 is 1.71 bits per heavy atom. The van der Waals surface area contributed by atoms with Crippen molar-refractivity contribution >= 4 is 10.1 Å². The van der Waals surface area contributed by atoms with E-state index in [4.69, 9.17) is 5.11 Å². The van der Waals surface area contributed by atoms with Crippen molar-refractivity contribution < 1.29 is 69.5 Å². The quantitative estimate of drug-likeness (QED) is 0.455. The molecule has 0 aliphatic carbocycles. The van der Waals surface area contributed by atoms with Crippen molar-refractivity contribution in [3.05, 3.63) is 29.8 Å². The molecule has 1 rings (SSSR count). The van der Waals surface area contributed by atoms with Crippen molar-refractivity contribution in [3.63, 3.8) is 0 Å². The fourth-order valence-corrected chi connectivity index (χ4v) is 1.42. The Morgan fingerprint density at radius 1 is 1.21 bits per heavy atom. The number of aliphatic hydroxyl groups excluding tert-OH is 1. The van der Waals surface area contributed by atoms with Gasteiger partial charge in [-0.3, -0.25) is 0 Å². The van der Waals surface area contributed by atoms with Gasteiger partial charge < -0.3 is 9.66 Å². The van der Waals surface area contributed by atoms with E-state index in [9.17, 15) is 13.0 Å². The van der Waals surface area contributed by atoms with Crippen LogP contribution in [-0.4, -0.2) is 24.7 Å². The van der Waals surface area contributed by atoms with Gasteiger partial charge in [0.25, 0.3) is 0 Å². The first-order chi connectivity index (χ1) is 6.04. The van der Waals surface area contributed by atoms with Crippen molar-refractivity contribution in [1.29, 1.82) is 0 Å². The summed E-state index contributed by atoms with van der Waals surface area (Å²) in [5, 5.41) is 8.57. The summed E-state index contributed by atoms with van der Waals surface area (Å²) in [5.74, 6) is 0. The summed E-state index contributed by atoms with van der Waals surface area (Å²) < 4.78 is 31.5. The maximum atomic E-state index is 10.5. The van der Waals surface area contributed by atoms with Crippen LogP contribution in [0.25, 0.3) is 0 Å². The van der Waals surface area contributed by atoms with E-state index in [1.54, 1.807) is 0 Å². The van der Waals surface area contributed by atoms with Crippen molar-refractivity contribution in [2.24, 2.45) is 0 Å². The zero-order valence-electron chi connectivity index (χ0n) is 7.80. The molecule has 0 atom stereocenters. The van der Waals surface area contributed by atoms with E-state index >= 15 is 0 Å². The maximum absolute atomic E-state index is 10.5. The molecule has 0 saturated carbocycles. The maximum Gasteiger partial charge on any atom is 1.00 e. The molecule has 0 unspecified atom stereocenters. The Balaban J connectivity index is 0.00000169. The smallest absolute Gasteiger partial charge is 0.744 e. The van der Waals surface area contributed by atoms with Crippen molar-refractivity contribution in [2.75, 3.05) is 6.61 Å². The monoisotopic (exact) mass is 240 g/mol. The molecular weight excluding hydrogens is 231 g/mol. The number of hydrogen-bond acceptors (Lipinski definition) is 4. The van der Waals surface area contributed by atoms with E-state index in [0.29, 0.717) is 6.42 Å². The van der Waals surface area contributed by atoms with Crippen LogP contribution in [0.15, 0.2) is 29.2 Å². The van der Waals surface area contributed by atoms with E-state index < -0.39 is 10.1 Å². The van der Waals surface area contributed by atoms with Gasteiger partial charge >= 0.3 is 51.4 Å². The van der Waals surface area contributed by atoms with E-state index in [1.165, 1.54) is 24.3 Å². The van der Waals surface area contributed by atoms with Gasteiger partial charge in [-0.25, -0.2) is 8.42 Å². The van der Waals surface area contributed by atoms with Crippen LogP contribution in [0.5, 0.6) is 0 Å². The van der Waals surface area contributed by atoms with Gasteiger partial charge in [-0.1, -0.05) is 12.1 Å². The molecule has 0 spiro atoms. The van der Waals surface area contributed by atoms with Gasteiger partial charge in [0.05, 0.1) is 4.90 Å². The minimum absolute atomic E-state index is 0. The molecule has 72 valence electrons. The average Bonchev–Trinajstić information content (AvgIpc) is 2.04. The molecular formula is C8H9KO4S. The first-order valence-electron chi connectivity index (χ1n) is 3.70. The van der Waals surface area contributed by atoms with Crippen LogP contribution >= 0.6 is 0 Å². The number of benzene rings is 1. The summed E-state index contributed by atoms with van der Waals surface area (Å²) in [6.45, 7) is 0.00344. The largest absolute Gasteiger partial charge is 1.00 e. The minimum atomic E-state index is -4.35. The molecule has 0 radical (unpaired) electrons. The first kappa shape index (κ1) is 14.7. The fourth-order valence-electron chi connectivity index (χ4n) is 0.952. The predicted octanol–water partition coefficient (Wildman–Crippen LogP) is -2.87. The molecule has 1 aromatic rings. The van der Waals surface area contributed by atoms with Crippen LogP contribution < -0.4 is 51.4 Å². The SMILES string of the molecule is O=S(=O)([O-])c1ccc(CCO)cc1.[K+]. The third-order valence-electron chi connectivity index (χ3n) is 1.61. The average molecular weight is 240 g/mol. The fraction of sp³-hybridized carbons (Fsp3) is 0.250. The first-order valence-corrected chi connectivity index (χ1v) is 5.10. The minimum Gasteiger partial charge on any atom is -0.744 e. The van der Waals surface area contributed by atoms with Crippen LogP contribution in [0.3, 0.4) is 0 Å². The molecule has 0 aromatic heterocycles. The number of aliphatic hydroxyl groups is 1. The van der Waals surface area contributed by atoms with Crippen LogP contribution in [0.4, 0.5) is 0 Å². The summed E-state index contributed by atoms with van der Waals surface area (Å²) in [4.78, 5) is -0.241.